The number of hydrogen-bond acceptors (Lipinski definition) is 3. The van der Waals surface area contributed by atoms with Crippen molar-refractivity contribution in [2.75, 3.05) is 26.2 Å². The van der Waals surface area contributed by atoms with Gasteiger partial charge in [0.25, 0.3) is 5.91 Å². The van der Waals surface area contributed by atoms with Crippen molar-refractivity contribution >= 4 is 17.2 Å². The third-order valence-corrected chi connectivity index (χ3v) is 6.96. The quantitative estimate of drug-likeness (QED) is 0.426. The number of carbonyl (C=O) groups excluding carboxylic acids is 1. The molecule has 2 unspecified atom stereocenters. The van der Waals surface area contributed by atoms with Crippen LogP contribution in [0.2, 0.25) is 0 Å². The van der Waals surface area contributed by atoms with E-state index in [2.05, 4.69) is 36.3 Å². The highest BCUT2D eigenvalue weighted by Gasteiger charge is 2.36. The van der Waals surface area contributed by atoms with Crippen LogP contribution in [0, 0.1) is 17.7 Å². The van der Waals surface area contributed by atoms with Crippen molar-refractivity contribution in [1.82, 2.24) is 9.80 Å². The van der Waals surface area contributed by atoms with Crippen molar-refractivity contribution in [2.24, 2.45) is 11.8 Å². The topological polar surface area (TPSA) is 23.6 Å². The SMILES string of the molecule is CC(C)CN(CC1CN(Cc2cccs2)CC1c1cccc(F)c1)C(=O)c1ccccc1. The molecule has 1 aliphatic rings. The van der Waals surface area contributed by atoms with E-state index in [0.29, 0.717) is 19.0 Å². The highest BCUT2D eigenvalue weighted by atomic mass is 32.1. The van der Waals surface area contributed by atoms with Crippen LogP contribution in [-0.4, -0.2) is 41.9 Å². The number of rotatable bonds is 8. The average molecular weight is 451 g/mol. The molecule has 0 bridgehead atoms. The van der Waals surface area contributed by atoms with Gasteiger partial charge in [-0.15, -0.1) is 11.3 Å². The summed E-state index contributed by atoms with van der Waals surface area (Å²) in [5.74, 6) is 0.706. The van der Waals surface area contributed by atoms with Crippen molar-refractivity contribution < 1.29 is 9.18 Å². The van der Waals surface area contributed by atoms with Gasteiger partial charge >= 0.3 is 0 Å². The number of nitrogens with zero attached hydrogens (tertiary/aromatic N) is 2. The first-order valence-electron chi connectivity index (χ1n) is 11.3. The average Bonchev–Trinajstić information content (AvgIpc) is 3.43. The van der Waals surface area contributed by atoms with Gasteiger partial charge in [0, 0.05) is 49.1 Å². The van der Waals surface area contributed by atoms with E-state index in [4.69, 9.17) is 0 Å². The summed E-state index contributed by atoms with van der Waals surface area (Å²) in [5, 5.41) is 2.11. The molecular formula is C27H31FN2OS. The predicted molar refractivity (Wildman–Crippen MR) is 129 cm³/mol. The molecule has 1 aliphatic heterocycles. The maximum Gasteiger partial charge on any atom is 0.253 e. The van der Waals surface area contributed by atoms with Crippen LogP contribution in [0.25, 0.3) is 0 Å². The van der Waals surface area contributed by atoms with Gasteiger partial charge in [0.2, 0.25) is 0 Å². The molecule has 0 spiro atoms. The molecule has 1 saturated heterocycles. The lowest BCUT2D eigenvalue weighted by Crippen LogP contribution is -2.39. The van der Waals surface area contributed by atoms with Gasteiger partial charge in [-0.1, -0.05) is 50.2 Å². The fourth-order valence-corrected chi connectivity index (χ4v) is 5.49. The molecule has 2 atom stereocenters. The van der Waals surface area contributed by atoms with Crippen LogP contribution in [0.4, 0.5) is 4.39 Å². The molecule has 4 rings (SSSR count). The molecular weight excluding hydrogens is 419 g/mol. The number of thiophene rings is 1. The Hall–Kier alpha value is -2.50. The molecule has 0 saturated carbocycles. The van der Waals surface area contributed by atoms with Gasteiger partial charge in [0.15, 0.2) is 0 Å². The highest BCUT2D eigenvalue weighted by Crippen LogP contribution is 2.35. The second kappa shape index (κ2) is 10.4. The van der Waals surface area contributed by atoms with Crippen LogP contribution in [0.15, 0.2) is 72.1 Å². The summed E-state index contributed by atoms with van der Waals surface area (Å²) in [5.41, 5.74) is 1.75. The maximum absolute atomic E-state index is 14.1. The van der Waals surface area contributed by atoms with Crippen molar-refractivity contribution in [1.29, 1.82) is 0 Å². The van der Waals surface area contributed by atoms with Gasteiger partial charge < -0.3 is 4.90 Å². The Labute approximate surface area is 194 Å². The van der Waals surface area contributed by atoms with Crippen LogP contribution in [0.1, 0.15) is 40.6 Å². The van der Waals surface area contributed by atoms with E-state index in [9.17, 15) is 9.18 Å². The van der Waals surface area contributed by atoms with E-state index in [-0.39, 0.29) is 23.6 Å². The maximum atomic E-state index is 14.1. The summed E-state index contributed by atoms with van der Waals surface area (Å²) in [6.45, 7) is 8.35. The summed E-state index contributed by atoms with van der Waals surface area (Å²) in [6.07, 6.45) is 0. The van der Waals surface area contributed by atoms with E-state index >= 15 is 0 Å². The standard InChI is InChI=1S/C27H31FN2OS/c1-20(2)15-30(27(31)21-8-4-3-5-9-21)17-23-16-29(18-25-12-7-13-32-25)19-26(23)22-10-6-11-24(28)14-22/h3-14,20,23,26H,15-19H2,1-2H3. The summed E-state index contributed by atoms with van der Waals surface area (Å²) in [6, 6.07) is 20.8. The third kappa shape index (κ3) is 5.64. The molecule has 0 N–H and O–H groups in total. The molecule has 1 amide bonds. The minimum Gasteiger partial charge on any atom is -0.338 e. The van der Waals surface area contributed by atoms with E-state index < -0.39 is 0 Å². The lowest BCUT2D eigenvalue weighted by molar-refractivity contribution is 0.0703. The Bertz CT molecular complexity index is 1010. The molecule has 168 valence electrons. The van der Waals surface area contributed by atoms with Crippen molar-refractivity contribution in [3.63, 3.8) is 0 Å². The van der Waals surface area contributed by atoms with E-state index in [0.717, 1.165) is 30.8 Å². The molecule has 1 aromatic heterocycles. The van der Waals surface area contributed by atoms with E-state index in [1.165, 1.54) is 10.9 Å². The molecule has 0 aliphatic carbocycles. The minimum absolute atomic E-state index is 0.0778. The van der Waals surface area contributed by atoms with Crippen LogP contribution >= 0.6 is 11.3 Å². The minimum atomic E-state index is -0.197. The molecule has 3 aromatic rings. The third-order valence-electron chi connectivity index (χ3n) is 6.10. The summed E-state index contributed by atoms with van der Waals surface area (Å²) in [7, 11) is 0. The zero-order valence-electron chi connectivity index (χ0n) is 18.8. The first kappa shape index (κ1) is 22.7. The first-order valence-corrected chi connectivity index (χ1v) is 12.2. The van der Waals surface area contributed by atoms with Crippen LogP contribution < -0.4 is 0 Å². The number of carbonyl (C=O) groups is 1. The van der Waals surface area contributed by atoms with Gasteiger partial charge in [-0.2, -0.15) is 0 Å². The Balaban J connectivity index is 1.58. The van der Waals surface area contributed by atoms with Gasteiger partial charge in [-0.3, -0.25) is 9.69 Å². The zero-order chi connectivity index (χ0) is 22.5. The van der Waals surface area contributed by atoms with Gasteiger partial charge in [-0.25, -0.2) is 4.39 Å². The van der Waals surface area contributed by atoms with Crippen LogP contribution in [0.3, 0.4) is 0 Å². The fourth-order valence-electron chi connectivity index (χ4n) is 4.74. The predicted octanol–water partition coefficient (Wildman–Crippen LogP) is 5.90. The molecule has 2 aromatic carbocycles. The van der Waals surface area contributed by atoms with Crippen molar-refractivity contribution in [3.05, 3.63) is 93.9 Å². The van der Waals surface area contributed by atoms with E-state index in [1.54, 1.807) is 23.5 Å². The second-order valence-electron chi connectivity index (χ2n) is 9.17. The normalized spacial score (nSPS) is 18.9. The number of likely N-dealkylation sites (tertiary alicyclic amines) is 1. The molecule has 0 radical (unpaired) electrons. The monoisotopic (exact) mass is 450 g/mol. The smallest absolute Gasteiger partial charge is 0.253 e. The Morgan fingerprint density at radius 2 is 1.91 bits per heavy atom. The van der Waals surface area contributed by atoms with Crippen LogP contribution in [-0.2, 0) is 6.54 Å². The Morgan fingerprint density at radius 1 is 1.09 bits per heavy atom. The lowest BCUT2D eigenvalue weighted by Gasteiger charge is -2.30. The molecule has 32 heavy (non-hydrogen) atoms. The lowest BCUT2D eigenvalue weighted by atomic mass is 9.88. The first-order chi connectivity index (χ1) is 15.5. The fraction of sp³-hybridized carbons (Fsp3) is 0.370. The largest absolute Gasteiger partial charge is 0.338 e. The molecule has 3 nitrogen and oxygen atoms in total. The second-order valence-corrected chi connectivity index (χ2v) is 10.2. The molecule has 5 heteroatoms. The van der Waals surface area contributed by atoms with Crippen LogP contribution in [0.5, 0.6) is 0 Å². The molecule has 1 fully saturated rings. The zero-order valence-corrected chi connectivity index (χ0v) is 19.6. The van der Waals surface area contributed by atoms with Gasteiger partial charge in [0.1, 0.15) is 5.82 Å². The summed E-state index contributed by atoms with van der Waals surface area (Å²) in [4.78, 5) is 19.1. The van der Waals surface area contributed by atoms with E-state index in [1.807, 2.05) is 41.3 Å². The summed E-state index contributed by atoms with van der Waals surface area (Å²) < 4.78 is 14.1. The number of amides is 1. The number of halogens is 1. The number of benzene rings is 2. The van der Waals surface area contributed by atoms with Crippen molar-refractivity contribution in [3.8, 4) is 0 Å². The van der Waals surface area contributed by atoms with Crippen molar-refractivity contribution in [2.45, 2.75) is 26.3 Å². The molecule has 2 heterocycles. The summed E-state index contributed by atoms with van der Waals surface area (Å²) >= 11 is 1.77. The Morgan fingerprint density at radius 3 is 2.59 bits per heavy atom. The number of hydrogen-bond donors (Lipinski definition) is 0. The Kier molecular flexibility index (Phi) is 7.38. The van der Waals surface area contributed by atoms with Gasteiger partial charge in [0.05, 0.1) is 0 Å². The highest BCUT2D eigenvalue weighted by molar-refractivity contribution is 7.09. The van der Waals surface area contributed by atoms with Gasteiger partial charge in [-0.05, 0) is 53.1 Å².